The second kappa shape index (κ2) is 9.31. The van der Waals surface area contributed by atoms with Crippen molar-refractivity contribution in [2.75, 3.05) is 18.8 Å². The van der Waals surface area contributed by atoms with Crippen molar-refractivity contribution in [3.05, 3.63) is 28.2 Å². The largest absolute Gasteiger partial charge is 0.342 e. The van der Waals surface area contributed by atoms with Gasteiger partial charge in [0.05, 0.1) is 16.7 Å². The van der Waals surface area contributed by atoms with E-state index in [0.717, 1.165) is 6.42 Å². The van der Waals surface area contributed by atoms with Crippen LogP contribution in [-0.4, -0.2) is 41.5 Å². The first-order valence-electron chi connectivity index (χ1n) is 7.79. The number of carbonyl (C=O) groups excluding carboxylic acids is 3. The molecule has 0 bridgehead atoms. The van der Waals surface area contributed by atoms with Crippen LogP contribution >= 0.6 is 35.0 Å². The SMILES string of the molecule is CC(=O)N1CCC[C@@H](C(=O)NNC(=O)CSc2cc(Cl)ccc2Cl)C1. The van der Waals surface area contributed by atoms with E-state index >= 15 is 0 Å². The average Bonchev–Trinajstić information content (AvgIpc) is 2.60. The van der Waals surface area contributed by atoms with Crippen molar-refractivity contribution in [1.29, 1.82) is 0 Å². The first-order chi connectivity index (χ1) is 11.9. The van der Waals surface area contributed by atoms with Crippen molar-refractivity contribution >= 4 is 52.7 Å². The monoisotopic (exact) mass is 403 g/mol. The van der Waals surface area contributed by atoms with Gasteiger partial charge in [0.2, 0.25) is 17.7 Å². The zero-order valence-corrected chi connectivity index (χ0v) is 16.0. The van der Waals surface area contributed by atoms with Crippen LogP contribution in [0.3, 0.4) is 0 Å². The summed E-state index contributed by atoms with van der Waals surface area (Å²) in [6.45, 7) is 2.53. The van der Waals surface area contributed by atoms with E-state index in [1.54, 1.807) is 23.1 Å². The molecule has 1 aliphatic heterocycles. The topological polar surface area (TPSA) is 78.5 Å². The summed E-state index contributed by atoms with van der Waals surface area (Å²) in [5.41, 5.74) is 4.81. The highest BCUT2D eigenvalue weighted by Gasteiger charge is 2.27. The molecule has 2 rings (SSSR count). The summed E-state index contributed by atoms with van der Waals surface area (Å²) >= 11 is 13.2. The van der Waals surface area contributed by atoms with E-state index in [1.807, 2.05) is 0 Å². The molecule has 1 atom stereocenters. The van der Waals surface area contributed by atoms with Crippen LogP contribution in [0.1, 0.15) is 19.8 Å². The molecule has 0 saturated carbocycles. The van der Waals surface area contributed by atoms with Crippen LogP contribution in [0.5, 0.6) is 0 Å². The minimum Gasteiger partial charge on any atom is -0.342 e. The van der Waals surface area contributed by atoms with Gasteiger partial charge in [-0.05, 0) is 31.0 Å². The van der Waals surface area contributed by atoms with Gasteiger partial charge in [0.15, 0.2) is 0 Å². The molecular formula is C16H19Cl2N3O3S. The molecule has 3 amide bonds. The number of benzene rings is 1. The van der Waals surface area contributed by atoms with Crippen LogP contribution in [0.25, 0.3) is 0 Å². The quantitative estimate of drug-likeness (QED) is 0.597. The summed E-state index contributed by atoms with van der Waals surface area (Å²) in [4.78, 5) is 37.8. The number of thioether (sulfide) groups is 1. The molecule has 1 aromatic carbocycles. The summed E-state index contributed by atoms with van der Waals surface area (Å²) in [5.74, 6) is -0.909. The molecule has 1 saturated heterocycles. The van der Waals surface area contributed by atoms with Gasteiger partial charge in [-0.2, -0.15) is 0 Å². The zero-order valence-electron chi connectivity index (χ0n) is 13.7. The number of carbonyl (C=O) groups is 3. The third-order valence-electron chi connectivity index (χ3n) is 3.81. The van der Waals surface area contributed by atoms with Crippen molar-refractivity contribution in [2.45, 2.75) is 24.7 Å². The minimum absolute atomic E-state index is 0.0451. The van der Waals surface area contributed by atoms with E-state index in [2.05, 4.69) is 10.9 Å². The van der Waals surface area contributed by atoms with Gasteiger partial charge >= 0.3 is 0 Å². The molecule has 1 aromatic rings. The summed E-state index contributed by atoms with van der Waals surface area (Å²) in [7, 11) is 0. The van der Waals surface area contributed by atoms with Crippen LogP contribution in [0.2, 0.25) is 10.0 Å². The lowest BCUT2D eigenvalue weighted by atomic mass is 9.97. The Morgan fingerprint density at radius 2 is 2.04 bits per heavy atom. The Morgan fingerprint density at radius 3 is 2.76 bits per heavy atom. The van der Waals surface area contributed by atoms with E-state index < -0.39 is 0 Å². The van der Waals surface area contributed by atoms with Gasteiger partial charge in [0.1, 0.15) is 0 Å². The fourth-order valence-corrected chi connectivity index (χ4v) is 3.77. The van der Waals surface area contributed by atoms with Crippen molar-refractivity contribution in [3.63, 3.8) is 0 Å². The van der Waals surface area contributed by atoms with Gasteiger partial charge in [-0.1, -0.05) is 23.2 Å². The number of hydrogen-bond acceptors (Lipinski definition) is 4. The predicted molar refractivity (Wildman–Crippen MR) is 98.4 cm³/mol. The number of piperidine rings is 1. The zero-order chi connectivity index (χ0) is 18.4. The summed E-state index contributed by atoms with van der Waals surface area (Å²) in [6.07, 6.45) is 1.47. The lowest BCUT2D eigenvalue weighted by Crippen LogP contribution is -2.50. The van der Waals surface area contributed by atoms with Crippen molar-refractivity contribution in [1.82, 2.24) is 15.8 Å². The molecule has 1 heterocycles. The predicted octanol–water partition coefficient (Wildman–Crippen LogP) is 2.49. The van der Waals surface area contributed by atoms with Crippen molar-refractivity contribution in [3.8, 4) is 0 Å². The number of likely N-dealkylation sites (tertiary alicyclic amines) is 1. The summed E-state index contributed by atoms with van der Waals surface area (Å²) in [5, 5.41) is 1.05. The fraction of sp³-hybridized carbons (Fsp3) is 0.438. The first-order valence-corrected chi connectivity index (χ1v) is 9.53. The summed E-state index contributed by atoms with van der Waals surface area (Å²) in [6, 6.07) is 5.01. The van der Waals surface area contributed by atoms with Crippen LogP contribution in [0.4, 0.5) is 0 Å². The molecule has 1 fully saturated rings. The second-order valence-corrected chi connectivity index (χ2v) is 7.57. The van der Waals surface area contributed by atoms with Crippen molar-refractivity contribution < 1.29 is 14.4 Å². The molecule has 0 aliphatic carbocycles. The molecular weight excluding hydrogens is 385 g/mol. The van der Waals surface area contributed by atoms with Gasteiger partial charge < -0.3 is 4.90 Å². The molecule has 0 radical (unpaired) electrons. The number of halogens is 2. The van der Waals surface area contributed by atoms with E-state index in [1.165, 1.54) is 18.7 Å². The molecule has 0 unspecified atom stereocenters. The first kappa shape index (κ1) is 19.9. The van der Waals surface area contributed by atoms with Gasteiger partial charge in [0, 0.05) is 29.9 Å². The van der Waals surface area contributed by atoms with Gasteiger partial charge in [-0.3, -0.25) is 25.2 Å². The standard InChI is InChI=1S/C16H19Cl2N3O3S/c1-10(22)21-6-2-3-11(8-21)16(24)20-19-15(23)9-25-14-7-12(17)4-5-13(14)18/h4-5,7,11H,2-3,6,8-9H2,1H3,(H,19,23)(H,20,24)/t11-/m1/s1. The highest BCUT2D eigenvalue weighted by atomic mass is 35.5. The molecule has 0 aromatic heterocycles. The molecule has 0 spiro atoms. The molecule has 25 heavy (non-hydrogen) atoms. The number of nitrogens with zero attached hydrogens (tertiary/aromatic N) is 1. The van der Waals surface area contributed by atoms with Crippen LogP contribution in [0, 0.1) is 5.92 Å². The van der Waals surface area contributed by atoms with Gasteiger partial charge in [-0.25, -0.2) is 0 Å². The maximum Gasteiger partial charge on any atom is 0.248 e. The Balaban J connectivity index is 1.76. The number of amides is 3. The molecule has 6 nitrogen and oxygen atoms in total. The number of hydrogen-bond donors (Lipinski definition) is 2. The Morgan fingerprint density at radius 1 is 1.28 bits per heavy atom. The Bertz CT molecular complexity index is 672. The number of rotatable bonds is 4. The lowest BCUT2D eigenvalue weighted by Gasteiger charge is -2.31. The number of nitrogens with one attached hydrogen (secondary N) is 2. The third-order valence-corrected chi connectivity index (χ3v) is 5.55. The summed E-state index contributed by atoms with van der Waals surface area (Å²) < 4.78 is 0. The smallest absolute Gasteiger partial charge is 0.248 e. The van der Waals surface area contributed by atoms with E-state index in [-0.39, 0.29) is 29.4 Å². The molecule has 9 heteroatoms. The Hall–Kier alpha value is -1.44. The van der Waals surface area contributed by atoms with Gasteiger partial charge in [-0.15, -0.1) is 11.8 Å². The molecule has 2 N–H and O–H groups in total. The highest BCUT2D eigenvalue weighted by Crippen LogP contribution is 2.29. The maximum absolute atomic E-state index is 12.1. The number of hydrazine groups is 1. The third kappa shape index (κ3) is 6.09. The lowest BCUT2D eigenvalue weighted by molar-refractivity contribution is -0.136. The van der Waals surface area contributed by atoms with Crippen LogP contribution < -0.4 is 10.9 Å². The average molecular weight is 404 g/mol. The molecule has 1 aliphatic rings. The van der Waals surface area contributed by atoms with Crippen LogP contribution in [0.15, 0.2) is 23.1 Å². The van der Waals surface area contributed by atoms with E-state index in [4.69, 9.17) is 23.2 Å². The van der Waals surface area contributed by atoms with Crippen LogP contribution in [-0.2, 0) is 14.4 Å². The maximum atomic E-state index is 12.1. The second-order valence-electron chi connectivity index (χ2n) is 5.71. The van der Waals surface area contributed by atoms with Crippen molar-refractivity contribution in [2.24, 2.45) is 5.92 Å². The van der Waals surface area contributed by atoms with E-state index in [0.29, 0.717) is 34.5 Å². The van der Waals surface area contributed by atoms with E-state index in [9.17, 15) is 14.4 Å². The highest BCUT2D eigenvalue weighted by molar-refractivity contribution is 8.00. The normalized spacial score (nSPS) is 17.1. The Labute approximate surface area is 160 Å². The van der Waals surface area contributed by atoms with Gasteiger partial charge in [0.25, 0.3) is 0 Å². The fourth-order valence-electron chi connectivity index (χ4n) is 2.48. The molecule has 136 valence electrons. The Kier molecular flexibility index (Phi) is 7.40. The minimum atomic E-state index is -0.353.